The predicted octanol–water partition coefficient (Wildman–Crippen LogP) is 6.15. The molecule has 208 valence electrons. The topological polar surface area (TPSA) is 99.8 Å². The fraction of sp³-hybridized carbons (Fsp3) is 0.194. The molecule has 41 heavy (non-hydrogen) atoms. The number of piperazine rings is 1. The first-order chi connectivity index (χ1) is 19.9. The zero-order chi connectivity index (χ0) is 28.5. The van der Waals surface area contributed by atoms with E-state index in [1.54, 1.807) is 42.2 Å². The third-order valence-corrected chi connectivity index (χ3v) is 7.86. The van der Waals surface area contributed by atoms with E-state index < -0.39 is 0 Å². The van der Waals surface area contributed by atoms with Gasteiger partial charge in [-0.2, -0.15) is 0 Å². The number of aromatic nitrogens is 2. The van der Waals surface area contributed by atoms with Gasteiger partial charge in [-0.1, -0.05) is 34.1 Å². The predicted molar refractivity (Wildman–Crippen MR) is 163 cm³/mol. The molecule has 0 unspecified atom stereocenters. The Labute approximate surface area is 245 Å². The van der Waals surface area contributed by atoms with E-state index in [-0.39, 0.29) is 11.9 Å². The molecule has 6 rings (SSSR count). The van der Waals surface area contributed by atoms with E-state index >= 15 is 0 Å². The van der Waals surface area contributed by atoms with Crippen LogP contribution in [0.1, 0.15) is 10.4 Å². The average Bonchev–Trinajstić information content (AvgIpc) is 3.43. The zero-order valence-corrected chi connectivity index (χ0v) is 24.2. The van der Waals surface area contributed by atoms with Gasteiger partial charge in [0.15, 0.2) is 0 Å². The molecular weight excluding hydrogens is 586 g/mol. The first-order valence-corrected chi connectivity index (χ1v) is 14.0. The number of para-hydroxylation sites is 1. The van der Waals surface area contributed by atoms with Gasteiger partial charge < -0.3 is 29.6 Å². The minimum absolute atomic E-state index is 0.0808. The maximum atomic E-state index is 13.9. The number of hydrogen-bond acceptors (Lipinski definition) is 5. The molecule has 0 atom stereocenters. The number of halogens is 1. The zero-order valence-electron chi connectivity index (χ0n) is 22.6. The number of carbonyl (C=O) groups is 2. The molecule has 3 heterocycles. The second-order valence-electron chi connectivity index (χ2n) is 9.74. The summed E-state index contributed by atoms with van der Waals surface area (Å²) in [7, 11) is 3.12. The van der Waals surface area contributed by atoms with Gasteiger partial charge in [0.2, 0.25) is 0 Å². The number of methoxy groups -OCH3 is 2. The van der Waals surface area contributed by atoms with Gasteiger partial charge >= 0.3 is 6.03 Å². The number of amides is 3. The molecular formula is C31H28BrN5O4. The number of aromatic amines is 1. The van der Waals surface area contributed by atoms with Crippen LogP contribution in [0.25, 0.3) is 33.1 Å². The fourth-order valence-electron chi connectivity index (χ4n) is 5.17. The molecule has 5 aromatic rings. The summed E-state index contributed by atoms with van der Waals surface area (Å²) < 4.78 is 11.6. The van der Waals surface area contributed by atoms with Crippen LogP contribution in [0, 0.1) is 0 Å². The highest BCUT2D eigenvalue weighted by Crippen LogP contribution is 2.33. The van der Waals surface area contributed by atoms with E-state index in [2.05, 4.69) is 26.2 Å². The molecule has 0 radical (unpaired) electrons. The third-order valence-electron chi connectivity index (χ3n) is 7.37. The number of carbonyl (C=O) groups excluding carboxylic acids is 2. The molecule has 1 saturated heterocycles. The first kappa shape index (κ1) is 26.6. The van der Waals surface area contributed by atoms with Gasteiger partial charge in [-0.15, -0.1) is 0 Å². The highest BCUT2D eigenvalue weighted by molar-refractivity contribution is 9.10. The Balaban J connectivity index is 1.22. The van der Waals surface area contributed by atoms with Gasteiger partial charge in [0.1, 0.15) is 11.5 Å². The van der Waals surface area contributed by atoms with Crippen molar-refractivity contribution in [3.63, 3.8) is 0 Å². The maximum absolute atomic E-state index is 13.9. The summed E-state index contributed by atoms with van der Waals surface area (Å²) in [4.78, 5) is 38.6. The SMILES string of the molecule is COc1ccc(NC(=O)N2CCN(C(=O)c3cc(-c4c[nH]c5ccc(Br)cc45)nc4ccccc34)CC2)c(OC)c1. The molecule has 10 heteroatoms. The Hall–Kier alpha value is -4.57. The fourth-order valence-corrected chi connectivity index (χ4v) is 5.54. The van der Waals surface area contributed by atoms with Crippen molar-refractivity contribution in [2.24, 2.45) is 0 Å². The average molecular weight is 614 g/mol. The molecule has 2 aromatic heterocycles. The van der Waals surface area contributed by atoms with Crippen LogP contribution in [-0.4, -0.2) is 72.1 Å². The lowest BCUT2D eigenvalue weighted by molar-refractivity contribution is 0.0673. The summed E-state index contributed by atoms with van der Waals surface area (Å²) >= 11 is 3.56. The summed E-state index contributed by atoms with van der Waals surface area (Å²) in [5.74, 6) is 1.06. The van der Waals surface area contributed by atoms with Crippen LogP contribution in [0.3, 0.4) is 0 Å². The number of ether oxygens (including phenoxy) is 2. The number of nitrogens with one attached hydrogen (secondary N) is 2. The van der Waals surface area contributed by atoms with Gasteiger partial charge in [-0.3, -0.25) is 4.79 Å². The largest absolute Gasteiger partial charge is 0.497 e. The summed E-state index contributed by atoms with van der Waals surface area (Å²) in [5.41, 5.74) is 4.55. The lowest BCUT2D eigenvalue weighted by atomic mass is 10.0. The Morgan fingerprint density at radius 3 is 2.46 bits per heavy atom. The van der Waals surface area contributed by atoms with Crippen molar-refractivity contribution in [1.82, 2.24) is 19.8 Å². The van der Waals surface area contributed by atoms with Crippen LogP contribution in [0.4, 0.5) is 10.5 Å². The highest BCUT2D eigenvalue weighted by Gasteiger charge is 2.27. The van der Waals surface area contributed by atoms with E-state index in [1.165, 1.54) is 0 Å². The molecule has 9 nitrogen and oxygen atoms in total. The lowest BCUT2D eigenvalue weighted by Gasteiger charge is -2.35. The van der Waals surface area contributed by atoms with E-state index in [0.29, 0.717) is 48.9 Å². The van der Waals surface area contributed by atoms with Gasteiger partial charge in [0.25, 0.3) is 5.91 Å². The van der Waals surface area contributed by atoms with E-state index in [4.69, 9.17) is 14.5 Å². The molecule has 0 spiro atoms. The number of pyridine rings is 1. The van der Waals surface area contributed by atoms with Crippen molar-refractivity contribution in [2.75, 3.05) is 45.7 Å². The third kappa shape index (κ3) is 5.18. The number of anilines is 1. The maximum Gasteiger partial charge on any atom is 0.322 e. The summed E-state index contributed by atoms with van der Waals surface area (Å²) in [6.07, 6.45) is 1.93. The number of rotatable bonds is 5. The number of fused-ring (bicyclic) bond motifs is 2. The number of urea groups is 1. The van der Waals surface area contributed by atoms with Crippen LogP contribution >= 0.6 is 15.9 Å². The van der Waals surface area contributed by atoms with Crippen LogP contribution in [0.2, 0.25) is 0 Å². The van der Waals surface area contributed by atoms with E-state index in [0.717, 1.165) is 37.5 Å². The summed E-state index contributed by atoms with van der Waals surface area (Å²) in [6, 6.07) is 20.6. The minimum atomic E-state index is -0.247. The Bertz CT molecular complexity index is 1780. The molecule has 1 aliphatic heterocycles. The highest BCUT2D eigenvalue weighted by atomic mass is 79.9. The molecule has 3 amide bonds. The van der Waals surface area contributed by atoms with Crippen molar-refractivity contribution < 1.29 is 19.1 Å². The number of benzene rings is 3. The number of hydrogen-bond donors (Lipinski definition) is 2. The number of H-pyrrole nitrogens is 1. The van der Waals surface area contributed by atoms with Crippen LogP contribution in [0.5, 0.6) is 11.5 Å². The Morgan fingerprint density at radius 2 is 1.68 bits per heavy atom. The van der Waals surface area contributed by atoms with Gasteiger partial charge in [-0.25, -0.2) is 9.78 Å². The van der Waals surface area contributed by atoms with Crippen LogP contribution in [-0.2, 0) is 0 Å². The standard InChI is InChI=1S/C31H28BrN5O4/c1-40-20-8-10-27(29(16-20)41-2)35-31(39)37-13-11-36(12-14-37)30(38)23-17-28(34-26-6-4-3-5-21(23)26)24-18-33-25-9-7-19(32)15-22(24)25/h3-10,15-18,33H,11-14H2,1-2H3,(H,35,39). The van der Waals surface area contributed by atoms with Crippen LogP contribution < -0.4 is 14.8 Å². The van der Waals surface area contributed by atoms with Crippen molar-refractivity contribution in [2.45, 2.75) is 0 Å². The molecule has 2 N–H and O–H groups in total. The van der Waals surface area contributed by atoms with Crippen molar-refractivity contribution >= 4 is 55.4 Å². The quantitative estimate of drug-likeness (QED) is 0.247. The van der Waals surface area contributed by atoms with Crippen molar-refractivity contribution in [3.8, 4) is 22.8 Å². The smallest absolute Gasteiger partial charge is 0.322 e. The molecule has 1 aliphatic rings. The van der Waals surface area contributed by atoms with Crippen LogP contribution in [0.15, 0.2) is 77.4 Å². The lowest BCUT2D eigenvalue weighted by Crippen LogP contribution is -2.51. The Morgan fingerprint density at radius 1 is 0.902 bits per heavy atom. The van der Waals surface area contributed by atoms with Gasteiger partial charge in [-0.05, 0) is 42.5 Å². The second-order valence-corrected chi connectivity index (χ2v) is 10.7. The monoisotopic (exact) mass is 613 g/mol. The van der Waals surface area contributed by atoms with Crippen molar-refractivity contribution in [1.29, 1.82) is 0 Å². The summed E-state index contributed by atoms with van der Waals surface area (Å²) in [6.45, 7) is 1.64. The van der Waals surface area contributed by atoms with Crippen molar-refractivity contribution in [3.05, 3.63) is 83.0 Å². The molecule has 3 aromatic carbocycles. The van der Waals surface area contributed by atoms with E-state index in [1.807, 2.05) is 54.7 Å². The minimum Gasteiger partial charge on any atom is -0.497 e. The molecule has 1 fully saturated rings. The Kier molecular flexibility index (Phi) is 7.23. The summed E-state index contributed by atoms with van der Waals surface area (Å²) in [5, 5.41) is 4.73. The second kappa shape index (κ2) is 11.1. The normalized spacial score (nSPS) is 13.4. The van der Waals surface area contributed by atoms with Gasteiger partial charge in [0, 0.05) is 64.8 Å². The van der Waals surface area contributed by atoms with E-state index in [9.17, 15) is 9.59 Å². The van der Waals surface area contributed by atoms with Gasteiger partial charge in [0.05, 0.1) is 36.7 Å². The molecule has 0 saturated carbocycles. The molecule has 0 bridgehead atoms. The number of nitrogens with zero attached hydrogens (tertiary/aromatic N) is 3. The molecule has 0 aliphatic carbocycles. The first-order valence-electron chi connectivity index (χ1n) is 13.2.